The van der Waals surface area contributed by atoms with Crippen molar-refractivity contribution >= 4 is 17.2 Å². The smallest absolute Gasteiger partial charge is 0.224 e. The van der Waals surface area contributed by atoms with Crippen molar-refractivity contribution in [1.29, 1.82) is 0 Å². The normalized spacial score (nSPS) is 10.7. The topological polar surface area (TPSA) is 46.4 Å². The molecule has 0 saturated carbocycles. The van der Waals surface area contributed by atoms with Crippen molar-refractivity contribution in [3.05, 3.63) is 66.1 Å². The van der Waals surface area contributed by atoms with Crippen LogP contribution in [0.1, 0.15) is 17.5 Å². The fourth-order valence-electron chi connectivity index (χ4n) is 2.38. The van der Waals surface area contributed by atoms with Gasteiger partial charge in [-0.2, -0.15) is 0 Å². The lowest BCUT2D eigenvalue weighted by Gasteiger charge is -2.07. The highest BCUT2D eigenvalue weighted by atomic mass is 16.1. The first kappa shape index (κ1) is 13.4. The van der Waals surface area contributed by atoms with Crippen LogP contribution in [0.3, 0.4) is 0 Å². The van der Waals surface area contributed by atoms with E-state index in [0.717, 1.165) is 17.8 Å². The molecule has 0 bridgehead atoms. The predicted octanol–water partition coefficient (Wildman–Crippen LogP) is 3.21. The maximum atomic E-state index is 12.1. The average molecular weight is 279 g/mol. The third-order valence-electron chi connectivity index (χ3n) is 3.42. The first-order chi connectivity index (χ1) is 10.2. The molecule has 0 unspecified atom stereocenters. The Hall–Kier alpha value is -2.62. The van der Waals surface area contributed by atoms with E-state index < -0.39 is 0 Å². The third kappa shape index (κ3) is 3.11. The van der Waals surface area contributed by atoms with Crippen LogP contribution >= 0.6 is 0 Å². The highest BCUT2D eigenvalue weighted by Gasteiger charge is 2.07. The fourth-order valence-corrected chi connectivity index (χ4v) is 2.38. The Morgan fingerprint density at radius 3 is 3.00 bits per heavy atom. The van der Waals surface area contributed by atoms with Gasteiger partial charge in [-0.1, -0.05) is 29.8 Å². The summed E-state index contributed by atoms with van der Waals surface area (Å²) in [5.41, 5.74) is 3.91. The molecule has 4 nitrogen and oxygen atoms in total. The van der Waals surface area contributed by atoms with Crippen molar-refractivity contribution in [1.82, 2.24) is 9.38 Å². The lowest BCUT2D eigenvalue weighted by atomic mass is 10.1. The molecule has 4 heteroatoms. The summed E-state index contributed by atoms with van der Waals surface area (Å²) in [4.78, 5) is 16.3. The number of carbonyl (C=O) groups is 1. The van der Waals surface area contributed by atoms with E-state index in [1.54, 1.807) is 6.20 Å². The molecule has 1 amide bonds. The van der Waals surface area contributed by atoms with E-state index in [0.29, 0.717) is 6.42 Å². The standard InChI is InChI=1S/C17H17N3O/c1-13-4-2-5-14(12-13)7-8-16(21)19-15-6-3-10-20-11-9-18-17(15)20/h2-6,9-12H,7-8H2,1H3,(H,19,21). The minimum absolute atomic E-state index is 0.00704. The van der Waals surface area contributed by atoms with Crippen LogP contribution < -0.4 is 5.32 Å². The van der Waals surface area contributed by atoms with E-state index in [9.17, 15) is 4.79 Å². The molecule has 0 aliphatic heterocycles. The Morgan fingerprint density at radius 2 is 2.14 bits per heavy atom. The van der Waals surface area contributed by atoms with Crippen LogP contribution in [-0.4, -0.2) is 15.3 Å². The van der Waals surface area contributed by atoms with Gasteiger partial charge in [0.15, 0.2) is 5.65 Å². The second-order valence-electron chi connectivity index (χ2n) is 5.12. The Kier molecular flexibility index (Phi) is 3.69. The highest BCUT2D eigenvalue weighted by molar-refractivity contribution is 5.94. The number of aromatic nitrogens is 2. The third-order valence-corrected chi connectivity index (χ3v) is 3.42. The zero-order chi connectivity index (χ0) is 14.7. The molecule has 0 spiro atoms. The fraction of sp³-hybridized carbons (Fsp3) is 0.176. The van der Waals surface area contributed by atoms with E-state index >= 15 is 0 Å². The molecule has 21 heavy (non-hydrogen) atoms. The second-order valence-corrected chi connectivity index (χ2v) is 5.12. The zero-order valence-corrected chi connectivity index (χ0v) is 11.9. The largest absolute Gasteiger partial charge is 0.323 e. The van der Waals surface area contributed by atoms with Gasteiger partial charge in [0.25, 0.3) is 0 Å². The molecular formula is C17H17N3O. The van der Waals surface area contributed by atoms with E-state index in [1.807, 2.05) is 35.0 Å². The van der Waals surface area contributed by atoms with Crippen molar-refractivity contribution in [3.63, 3.8) is 0 Å². The molecule has 2 heterocycles. The van der Waals surface area contributed by atoms with Crippen LogP contribution in [0.4, 0.5) is 5.69 Å². The number of pyridine rings is 1. The molecule has 3 aromatic rings. The van der Waals surface area contributed by atoms with Gasteiger partial charge in [-0.25, -0.2) is 4.98 Å². The highest BCUT2D eigenvalue weighted by Crippen LogP contribution is 2.15. The van der Waals surface area contributed by atoms with Gasteiger partial charge in [-0.05, 0) is 31.0 Å². The van der Waals surface area contributed by atoms with E-state index in [4.69, 9.17) is 0 Å². The van der Waals surface area contributed by atoms with Crippen LogP contribution in [0, 0.1) is 6.92 Å². The number of imidazole rings is 1. The molecule has 0 fully saturated rings. The van der Waals surface area contributed by atoms with E-state index in [1.165, 1.54) is 11.1 Å². The van der Waals surface area contributed by atoms with Gasteiger partial charge in [0.2, 0.25) is 5.91 Å². The maximum Gasteiger partial charge on any atom is 0.224 e. The summed E-state index contributed by atoms with van der Waals surface area (Å²) in [5.74, 6) is 0.00704. The Morgan fingerprint density at radius 1 is 1.24 bits per heavy atom. The van der Waals surface area contributed by atoms with Crippen molar-refractivity contribution in [2.45, 2.75) is 19.8 Å². The lowest BCUT2D eigenvalue weighted by Crippen LogP contribution is -2.13. The Balaban J connectivity index is 1.65. The quantitative estimate of drug-likeness (QED) is 0.797. The van der Waals surface area contributed by atoms with Gasteiger partial charge in [0.05, 0.1) is 5.69 Å². The number of carbonyl (C=O) groups excluding carboxylic acids is 1. The molecule has 0 saturated heterocycles. The molecule has 1 aromatic carbocycles. The van der Waals surface area contributed by atoms with Crippen molar-refractivity contribution in [3.8, 4) is 0 Å². The van der Waals surface area contributed by atoms with Crippen molar-refractivity contribution in [2.75, 3.05) is 5.32 Å². The van der Waals surface area contributed by atoms with Gasteiger partial charge in [-0.3, -0.25) is 4.79 Å². The van der Waals surface area contributed by atoms with Gasteiger partial charge >= 0.3 is 0 Å². The number of benzene rings is 1. The molecule has 3 rings (SSSR count). The number of hydrogen-bond donors (Lipinski definition) is 1. The molecule has 0 aliphatic carbocycles. The first-order valence-corrected chi connectivity index (χ1v) is 6.99. The van der Waals surface area contributed by atoms with Crippen molar-refractivity contribution in [2.24, 2.45) is 0 Å². The summed E-state index contributed by atoms with van der Waals surface area (Å²) in [6.07, 6.45) is 6.69. The van der Waals surface area contributed by atoms with Crippen molar-refractivity contribution < 1.29 is 4.79 Å². The maximum absolute atomic E-state index is 12.1. The average Bonchev–Trinajstić information content (AvgIpc) is 2.95. The first-order valence-electron chi connectivity index (χ1n) is 6.99. The number of nitrogens with zero attached hydrogens (tertiary/aromatic N) is 2. The summed E-state index contributed by atoms with van der Waals surface area (Å²) in [6.45, 7) is 2.06. The summed E-state index contributed by atoms with van der Waals surface area (Å²) in [7, 11) is 0. The minimum Gasteiger partial charge on any atom is -0.323 e. The number of aryl methyl sites for hydroxylation is 2. The van der Waals surface area contributed by atoms with Crippen LogP contribution in [0.5, 0.6) is 0 Å². The van der Waals surface area contributed by atoms with Crippen LogP contribution in [0.25, 0.3) is 5.65 Å². The molecular weight excluding hydrogens is 262 g/mol. The molecule has 0 radical (unpaired) electrons. The number of hydrogen-bond acceptors (Lipinski definition) is 2. The lowest BCUT2D eigenvalue weighted by molar-refractivity contribution is -0.116. The molecule has 0 atom stereocenters. The number of amides is 1. The van der Waals surface area contributed by atoms with E-state index in [-0.39, 0.29) is 5.91 Å². The molecule has 2 aromatic heterocycles. The van der Waals surface area contributed by atoms with E-state index in [2.05, 4.69) is 35.4 Å². The Bertz CT molecular complexity index is 776. The van der Waals surface area contributed by atoms with Crippen LogP contribution in [0.15, 0.2) is 55.0 Å². The number of nitrogens with one attached hydrogen (secondary N) is 1. The SMILES string of the molecule is Cc1cccc(CCC(=O)Nc2cccn3ccnc23)c1. The summed E-state index contributed by atoms with van der Waals surface area (Å²) >= 11 is 0. The van der Waals surface area contributed by atoms with Crippen LogP contribution in [-0.2, 0) is 11.2 Å². The Labute approximate surface area is 123 Å². The minimum atomic E-state index is 0.00704. The zero-order valence-electron chi connectivity index (χ0n) is 11.9. The summed E-state index contributed by atoms with van der Waals surface area (Å²) < 4.78 is 1.89. The molecule has 106 valence electrons. The number of rotatable bonds is 4. The van der Waals surface area contributed by atoms with Crippen LogP contribution in [0.2, 0.25) is 0 Å². The number of fused-ring (bicyclic) bond motifs is 1. The van der Waals surface area contributed by atoms with Gasteiger partial charge in [0, 0.05) is 25.0 Å². The molecule has 1 N–H and O–H groups in total. The van der Waals surface area contributed by atoms with Gasteiger partial charge in [0.1, 0.15) is 0 Å². The monoisotopic (exact) mass is 279 g/mol. The van der Waals surface area contributed by atoms with Gasteiger partial charge in [-0.15, -0.1) is 0 Å². The number of anilines is 1. The van der Waals surface area contributed by atoms with Gasteiger partial charge < -0.3 is 9.72 Å². The summed E-state index contributed by atoms with van der Waals surface area (Å²) in [6, 6.07) is 12.0. The second kappa shape index (κ2) is 5.79. The molecule has 0 aliphatic rings. The predicted molar refractivity (Wildman–Crippen MR) is 83.3 cm³/mol. The summed E-state index contributed by atoms with van der Waals surface area (Å²) in [5, 5.41) is 2.93.